The lowest BCUT2D eigenvalue weighted by Gasteiger charge is -2.21. The van der Waals surface area contributed by atoms with Crippen LogP contribution in [0.2, 0.25) is 0 Å². The molecule has 100 valence electrons. The standard InChI is InChI=1S/C16H24FN/c1-3-12(2)10-14(11-18-16-8-9-16)13-4-6-15(17)7-5-13/h4-7,12,14,16,18H,3,8-11H2,1-2H3. The number of hydrogen-bond acceptors (Lipinski definition) is 1. The topological polar surface area (TPSA) is 12.0 Å². The molecule has 2 rings (SSSR count). The van der Waals surface area contributed by atoms with Gasteiger partial charge in [-0.1, -0.05) is 32.4 Å². The minimum atomic E-state index is -0.142. The summed E-state index contributed by atoms with van der Waals surface area (Å²) in [6.45, 7) is 5.56. The van der Waals surface area contributed by atoms with Crippen LogP contribution in [0, 0.1) is 11.7 Å². The smallest absolute Gasteiger partial charge is 0.123 e. The Bertz CT molecular complexity index is 356. The molecule has 0 spiro atoms. The summed E-state index contributed by atoms with van der Waals surface area (Å²) in [6, 6.07) is 7.78. The summed E-state index contributed by atoms with van der Waals surface area (Å²) in [4.78, 5) is 0. The minimum absolute atomic E-state index is 0.142. The maximum atomic E-state index is 13.0. The molecule has 1 fully saturated rings. The molecule has 0 saturated heterocycles. The van der Waals surface area contributed by atoms with Gasteiger partial charge in [-0.3, -0.25) is 0 Å². The predicted molar refractivity (Wildman–Crippen MR) is 74.2 cm³/mol. The van der Waals surface area contributed by atoms with Crippen LogP contribution in [0.3, 0.4) is 0 Å². The Balaban J connectivity index is 1.99. The molecule has 1 aliphatic carbocycles. The third-order valence-electron chi connectivity index (χ3n) is 3.96. The fourth-order valence-electron chi connectivity index (χ4n) is 2.32. The Morgan fingerprint density at radius 3 is 2.50 bits per heavy atom. The molecule has 1 nitrogen and oxygen atoms in total. The molecule has 1 N–H and O–H groups in total. The Kier molecular flexibility index (Phi) is 4.76. The van der Waals surface area contributed by atoms with Crippen molar-refractivity contribution in [2.45, 2.75) is 51.5 Å². The number of nitrogens with one attached hydrogen (secondary N) is 1. The highest BCUT2D eigenvalue weighted by atomic mass is 19.1. The highest BCUT2D eigenvalue weighted by Crippen LogP contribution is 2.27. The van der Waals surface area contributed by atoms with Crippen LogP contribution in [0.25, 0.3) is 0 Å². The Hall–Kier alpha value is -0.890. The Morgan fingerprint density at radius 2 is 1.94 bits per heavy atom. The first-order chi connectivity index (χ1) is 8.69. The van der Waals surface area contributed by atoms with E-state index in [0.29, 0.717) is 5.92 Å². The zero-order chi connectivity index (χ0) is 13.0. The van der Waals surface area contributed by atoms with Gasteiger partial charge in [0.25, 0.3) is 0 Å². The summed E-state index contributed by atoms with van der Waals surface area (Å²) in [5.41, 5.74) is 1.27. The summed E-state index contributed by atoms with van der Waals surface area (Å²) >= 11 is 0. The van der Waals surface area contributed by atoms with Crippen LogP contribution in [0.5, 0.6) is 0 Å². The first-order valence-electron chi connectivity index (χ1n) is 7.18. The summed E-state index contributed by atoms with van der Waals surface area (Å²) in [7, 11) is 0. The van der Waals surface area contributed by atoms with Gasteiger partial charge in [-0.05, 0) is 48.8 Å². The van der Waals surface area contributed by atoms with Gasteiger partial charge in [0.2, 0.25) is 0 Å². The van der Waals surface area contributed by atoms with Gasteiger partial charge in [0.1, 0.15) is 5.82 Å². The number of hydrogen-bond donors (Lipinski definition) is 1. The van der Waals surface area contributed by atoms with Gasteiger partial charge in [-0.15, -0.1) is 0 Å². The van der Waals surface area contributed by atoms with Gasteiger partial charge in [0, 0.05) is 12.6 Å². The molecule has 0 aromatic heterocycles. The van der Waals surface area contributed by atoms with Crippen molar-refractivity contribution in [2.24, 2.45) is 5.92 Å². The average molecular weight is 249 g/mol. The van der Waals surface area contributed by atoms with Crippen LogP contribution in [-0.2, 0) is 0 Å². The van der Waals surface area contributed by atoms with E-state index in [1.807, 2.05) is 12.1 Å². The number of benzene rings is 1. The van der Waals surface area contributed by atoms with Crippen LogP contribution in [0.1, 0.15) is 51.0 Å². The van der Waals surface area contributed by atoms with Crippen molar-refractivity contribution in [3.05, 3.63) is 35.6 Å². The maximum Gasteiger partial charge on any atom is 0.123 e. The molecule has 1 aromatic carbocycles. The first-order valence-corrected chi connectivity index (χ1v) is 7.18. The van der Waals surface area contributed by atoms with Gasteiger partial charge >= 0.3 is 0 Å². The summed E-state index contributed by atoms with van der Waals surface area (Å²) in [5.74, 6) is 1.10. The number of rotatable bonds is 7. The molecule has 1 aromatic rings. The van der Waals surface area contributed by atoms with Crippen LogP contribution >= 0.6 is 0 Å². The molecule has 0 aliphatic heterocycles. The molecule has 1 aliphatic rings. The third kappa shape index (κ3) is 4.09. The van der Waals surface area contributed by atoms with E-state index >= 15 is 0 Å². The van der Waals surface area contributed by atoms with E-state index in [2.05, 4.69) is 19.2 Å². The lowest BCUT2D eigenvalue weighted by molar-refractivity contribution is 0.434. The van der Waals surface area contributed by atoms with Crippen molar-refractivity contribution in [1.29, 1.82) is 0 Å². The second-order valence-corrected chi connectivity index (χ2v) is 5.68. The summed E-state index contributed by atoms with van der Waals surface area (Å²) < 4.78 is 13.0. The molecule has 2 atom stereocenters. The molecule has 0 amide bonds. The van der Waals surface area contributed by atoms with E-state index < -0.39 is 0 Å². The van der Waals surface area contributed by atoms with E-state index in [1.165, 1.54) is 31.2 Å². The number of halogens is 1. The van der Waals surface area contributed by atoms with Gasteiger partial charge in [0.05, 0.1) is 0 Å². The normalized spacial score (nSPS) is 18.6. The zero-order valence-corrected chi connectivity index (χ0v) is 11.5. The van der Waals surface area contributed by atoms with Crippen LogP contribution in [0.15, 0.2) is 24.3 Å². The van der Waals surface area contributed by atoms with E-state index in [1.54, 1.807) is 12.1 Å². The van der Waals surface area contributed by atoms with E-state index in [4.69, 9.17) is 0 Å². The summed E-state index contributed by atoms with van der Waals surface area (Å²) in [6.07, 6.45) is 5.03. The van der Waals surface area contributed by atoms with Gasteiger partial charge in [-0.2, -0.15) is 0 Å². The van der Waals surface area contributed by atoms with Gasteiger partial charge < -0.3 is 5.32 Å². The molecular formula is C16H24FN. The molecular weight excluding hydrogens is 225 g/mol. The Labute approximate surface area is 110 Å². The van der Waals surface area contributed by atoms with Crippen molar-refractivity contribution in [3.8, 4) is 0 Å². The predicted octanol–water partition coefficient (Wildman–Crippen LogP) is 4.10. The van der Waals surface area contributed by atoms with E-state index in [9.17, 15) is 4.39 Å². The van der Waals surface area contributed by atoms with Crippen molar-refractivity contribution in [2.75, 3.05) is 6.54 Å². The van der Waals surface area contributed by atoms with Crippen molar-refractivity contribution < 1.29 is 4.39 Å². The highest BCUT2D eigenvalue weighted by Gasteiger charge is 2.23. The fourth-order valence-corrected chi connectivity index (χ4v) is 2.32. The molecule has 0 radical (unpaired) electrons. The molecule has 18 heavy (non-hydrogen) atoms. The molecule has 2 unspecified atom stereocenters. The fraction of sp³-hybridized carbons (Fsp3) is 0.625. The zero-order valence-electron chi connectivity index (χ0n) is 11.5. The molecule has 0 bridgehead atoms. The third-order valence-corrected chi connectivity index (χ3v) is 3.96. The lowest BCUT2D eigenvalue weighted by Crippen LogP contribution is -2.24. The minimum Gasteiger partial charge on any atom is -0.313 e. The van der Waals surface area contributed by atoms with Crippen molar-refractivity contribution in [1.82, 2.24) is 5.32 Å². The highest BCUT2D eigenvalue weighted by molar-refractivity contribution is 5.21. The van der Waals surface area contributed by atoms with Gasteiger partial charge in [0.15, 0.2) is 0 Å². The average Bonchev–Trinajstić information content (AvgIpc) is 3.19. The monoisotopic (exact) mass is 249 g/mol. The van der Waals surface area contributed by atoms with Gasteiger partial charge in [-0.25, -0.2) is 4.39 Å². The Morgan fingerprint density at radius 1 is 1.28 bits per heavy atom. The van der Waals surface area contributed by atoms with Crippen LogP contribution < -0.4 is 5.32 Å². The second kappa shape index (κ2) is 6.33. The summed E-state index contributed by atoms with van der Waals surface area (Å²) in [5, 5.41) is 3.61. The second-order valence-electron chi connectivity index (χ2n) is 5.68. The lowest BCUT2D eigenvalue weighted by atomic mass is 9.88. The SMILES string of the molecule is CCC(C)CC(CNC1CC1)c1ccc(F)cc1. The van der Waals surface area contributed by atoms with E-state index in [-0.39, 0.29) is 5.82 Å². The molecule has 2 heteroatoms. The quantitative estimate of drug-likeness (QED) is 0.767. The largest absolute Gasteiger partial charge is 0.313 e. The van der Waals surface area contributed by atoms with Crippen molar-refractivity contribution in [3.63, 3.8) is 0 Å². The van der Waals surface area contributed by atoms with E-state index in [0.717, 1.165) is 18.5 Å². The molecule has 1 saturated carbocycles. The van der Waals surface area contributed by atoms with Crippen molar-refractivity contribution >= 4 is 0 Å². The maximum absolute atomic E-state index is 13.0. The molecule has 0 heterocycles. The van der Waals surface area contributed by atoms with Crippen LogP contribution in [-0.4, -0.2) is 12.6 Å². The first kappa shape index (κ1) is 13.5. The van der Waals surface area contributed by atoms with Crippen LogP contribution in [0.4, 0.5) is 4.39 Å².